The van der Waals surface area contributed by atoms with Crippen LogP contribution >= 0.6 is 11.6 Å². The average molecular weight is 281 g/mol. The Kier molecular flexibility index (Phi) is 5.08. The molecule has 1 fully saturated rings. The van der Waals surface area contributed by atoms with Gasteiger partial charge in [0.25, 0.3) is 0 Å². The molecule has 1 aromatic rings. The Morgan fingerprint density at radius 3 is 2.42 bits per heavy atom. The fourth-order valence-corrected chi connectivity index (χ4v) is 2.79. The van der Waals surface area contributed by atoms with E-state index in [2.05, 4.69) is 10.1 Å². The summed E-state index contributed by atoms with van der Waals surface area (Å²) < 4.78 is 0. The quantitative estimate of drug-likeness (QED) is 0.498. The van der Waals surface area contributed by atoms with Gasteiger partial charge >= 0.3 is 0 Å². The number of anilines is 1. The van der Waals surface area contributed by atoms with E-state index in [0.717, 1.165) is 24.3 Å². The molecule has 1 saturated heterocycles. The van der Waals surface area contributed by atoms with Crippen LogP contribution in [0, 0.1) is 0 Å². The maximum absolute atomic E-state index is 9.03. The van der Waals surface area contributed by atoms with Gasteiger partial charge in [-0.15, -0.1) is 0 Å². The Morgan fingerprint density at radius 1 is 1.16 bits per heavy atom. The minimum Gasteiger partial charge on any atom is -0.411 e. The summed E-state index contributed by atoms with van der Waals surface area (Å²) in [5.74, 6) is 0. The molecule has 2 rings (SSSR count). The predicted octanol–water partition coefficient (Wildman–Crippen LogP) is 4.31. The molecule has 104 valence electrons. The summed E-state index contributed by atoms with van der Waals surface area (Å²) in [5, 5.41) is 13.0. The van der Waals surface area contributed by atoms with Crippen molar-refractivity contribution >= 4 is 23.0 Å². The van der Waals surface area contributed by atoms with Crippen LogP contribution in [0.4, 0.5) is 5.69 Å². The number of oxime groups is 1. The molecule has 0 aliphatic carbocycles. The summed E-state index contributed by atoms with van der Waals surface area (Å²) in [7, 11) is 0. The van der Waals surface area contributed by atoms with Crippen molar-refractivity contribution in [3.05, 3.63) is 28.8 Å². The zero-order valence-electron chi connectivity index (χ0n) is 11.4. The second-order valence-electron chi connectivity index (χ2n) is 5.10. The monoisotopic (exact) mass is 280 g/mol. The third-order valence-corrected chi connectivity index (χ3v) is 3.93. The number of hydrogen-bond acceptors (Lipinski definition) is 3. The van der Waals surface area contributed by atoms with Crippen LogP contribution < -0.4 is 4.90 Å². The molecular formula is C15H21ClN2O. The topological polar surface area (TPSA) is 35.8 Å². The van der Waals surface area contributed by atoms with Crippen LogP contribution in [0.15, 0.2) is 23.4 Å². The molecular weight excluding hydrogens is 260 g/mol. The van der Waals surface area contributed by atoms with E-state index in [0.29, 0.717) is 10.7 Å². The number of benzene rings is 1. The first-order chi connectivity index (χ1) is 9.22. The highest BCUT2D eigenvalue weighted by atomic mass is 35.5. The van der Waals surface area contributed by atoms with Crippen LogP contribution in [-0.2, 0) is 0 Å². The van der Waals surface area contributed by atoms with Crippen LogP contribution in [0.1, 0.15) is 44.6 Å². The summed E-state index contributed by atoms with van der Waals surface area (Å²) in [4.78, 5) is 2.39. The largest absolute Gasteiger partial charge is 0.411 e. The van der Waals surface area contributed by atoms with Gasteiger partial charge in [0, 0.05) is 29.4 Å². The number of rotatable bonds is 2. The maximum Gasteiger partial charge on any atom is 0.0858 e. The summed E-state index contributed by atoms with van der Waals surface area (Å²) in [6, 6.07) is 5.82. The van der Waals surface area contributed by atoms with Crippen molar-refractivity contribution in [1.29, 1.82) is 0 Å². The van der Waals surface area contributed by atoms with Gasteiger partial charge in [0.1, 0.15) is 0 Å². The standard InChI is InChI=1S/C15H21ClN2O/c1-12(17-19)14-11-13(16)7-8-15(14)18-9-5-3-2-4-6-10-18/h7-8,11,19H,2-6,9-10H2,1H3/b17-12+. The Labute approximate surface area is 119 Å². The summed E-state index contributed by atoms with van der Waals surface area (Å²) in [6.45, 7) is 3.93. The second kappa shape index (κ2) is 6.80. The smallest absolute Gasteiger partial charge is 0.0858 e. The zero-order chi connectivity index (χ0) is 13.7. The lowest BCUT2D eigenvalue weighted by Gasteiger charge is -2.28. The van der Waals surface area contributed by atoms with Gasteiger partial charge < -0.3 is 10.1 Å². The normalized spacial score (nSPS) is 18.0. The number of halogens is 1. The van der Waals surface area contributed by atoms with Crippen LogP contribution in [-0.4, -0.2) is 24.0 Å². The highest BCUT2D eigenvalue weighted by Crippen LogP contribution is 2.27. The molecule has 0 bridgehead atoms. The molecule has 1 aliphatic heterocycles. The fourth-order valence-electron chi connectivity index (χ4n) is 2.62. The third kappa shape index (κ3) is 3.63. The lowest BCUT2D eigenvalue weighted by Crippen LogP contribution is -2.28. The van der Waals surface area contributed by atoms with Crippen LogP contribution in [0.2, 0.25) is 5.02 Å². The van der Waals surface area contributed by atoms with Gasteiger partial charge in [-0.2, -0.15) is 0 Å². The van der Waals surface area contributed by atoms with Gasteiger partial charge in [-0.05, 0) is 38.0 Å². The lowest BCUT2D eigenvalue weighted by atomic mass is 10.0. The first-order valence-electron chi connectivity index (χ1n) is 6.96. The zero-order valence-corrected chi connectivity index (χ0v) is 12.2. The lowest BCUT2D eigenvalue weighted by molar-refractivity contribution is 0.319. The molecule has 0 radical (unpaired) electrons. The van der Waals surface area contributed by atoms with Gasteiger partial charge in [0.2, 0.25) is 0 Å². The minimum atomic E-state index is 0.611. The SMILES string of the molecule is C/C(=N\O)c1cc(Cl)ccc1N1CCCCCCC1. The van der Waals surface area contributed by atoms with Crippen molar-refractivity contribution in [2.75, 3.05) is 18.0 Å². The van der Waals surface area contributed by atoms with E-state index in [1.165, 1.54) is 32.1 Å². The molecule has 1 heterocycles. The van der Waals surface area contributed by atoms with Gasteiger partial charge in [0.15, 0.2) is 0 Å². The Bertz CT molecular complexity index is 451. The average Bonchev–Trinajstić information content (AvgIpc) is 2.38. The van der Waals surface area contributed by atoms with Crippen LogP contribution in [0.25, 0.3) is 0 Å². The van der Waals surface area contributed by atoms with Crippen LogP contribution in [0.3, 0.4) is 0 Å². The van der Waals surface area contributed by atoms with Crippen molar-refractivity contribution in [3.8, 4) is 0 Å². The molecule has 4 heteroatoms. The van der Waals surface area contributed by atoms with Gasteiger partial charge in [-0.25, -0.2) is 0 Å². The molecule has 19 heavy (non-hydrogen) atoms. The van der Waals surface area contributed by atoms with Crippen LogP contribution in [0.5, 0.6) is 0 Å². The highest BCUT2D eigenvalue weighted by molar-refractivity contribution is 6.31. The highest BCUT2D eigenvalue weighted by Gasteiger charge is 2.15. The molecule has 0 unspecified atom stereocenters. The maximum atomic E-state index is 9.03. The molecule has 0 aromatic heterocycles. The molecule has 1 aromatic carbocycles. The van der Waals surface area contributed by atoms with Crippen molar-refractivity contribution in [1.82, 2.24) is 0 Å². The van der Waals surface area contributed by atoms with Crippen molar-refractivity contribution in [3.63, 3.8) is 0 Å². The summed E-state index contributed by atoms with van der Waals surface area (Å²) in [5.41, 5.74) is 2.66. The second-order valence-corrected chi connectivity index (χ2v) is 5.54. The minimum absolute atomic E-state index is 0.611. The number of nitrogens with zero attached hydrogens (tertiary/aromatic N) is 2. The molecule has 0 saturated carbocycles. The first kappa shape index (κ1) is 14.2. The van der Waals surface area contributed by atoms with E-state index >= 15 is 0 Å². The van der Waals surface area contributed by atoms with Crippen molar-refractivity contribution in [2.45, 2.75) is 39.0 Å². The van der Waals surface area contributed by atoms with Gasteiger partial charge in [-0.1, -0.05) is 36.0 Å². The Hall–Kier alpha value is -1.22. The van der Waals surface area contributed by atoms with E-state index in [1.54, 1.807) is 6.92 Å². The fraction of sp³-hybridized carbons (Fsp3) is 0.533. The summed E-state index contributed by atoms with van der Waals surface area (Å²) in [6.07, 6.45) is 6.38. The van der Waals surface area contributed by atoms with Gasteiger partial charge in [-0.3, -0.25) is 0 Å². The molecule has 0 amide bonds. The van der Waals surface area contributed by atoms with Crippen molar-refractivity contribution < 1.29 is 5.21 Å². The van der Waals surface area contributed by atoms with E-state index < -0.39 is 0 Å². The van der Waals surface area contributed by atoms with Gasteiger partial charge in [0.05, 0.1) is 5.71 Å². The molecule has 0 spiro atoms. The van der Waals surface area contributed by atoms with E-state index in [-0.39, 0.29) is 0 Å². The molecule has 3 nitrogen and oxygen atoms in total. The molecule has 1 aliphatic rings. The molecule has 1 N–H and O–H groups in total. The van der Waals surface area contributed by atoms with E-state index in [1.807, 2.05) is 18.2 Å². The third-order valence-electron chi connectivity index (χ3n) is 3.70. The number of hydrogen-bond donors (Lipinski definition) is 1. The Balaban J connectivity index is 2.31. The predicted molar refractivity (Wildman–Crippen MR) is 80.7 cm³/mol. The Morgan fingerprint density at radius 2 is 1.79 bits per heavy atom. The molecule has 0 atom stereocenters. The van der Waals surface area contributed by atoms with Crippen molar-refractivity contribution in [2.24, 2.45) is 5.16 Å². The van der Waals surface area contributed by atoms with E-state index in [4.69, 9.17) is 16.8 Å². The van der Waals surface area contributed by atoms with E-state index in [9.17, 15) is 0 Å². The summed E-state index contributed by atoms with van der Waals surface area (Å²) >= 11 is 6.06. The first-order valence-corrected chi connectivity index (χ1v) is 7.33.